The number of piperidine rings is 1. The Kier molecular flexibility index (Phi) is 4.56. The number of carboxylic acid groups (broad SMARTS) is 1. The lowest BCUT2D eigenvalue weighted by Gasteiger charge is -2.34. The van der Waals surface area contributed by atoms with Crippen LogP contribution in [0.1, 0.15) is 34.3 Å². The first-order valence-electron chi connectivity index (χ1n) is 6.89. The van der Waals surface area contributed by atoms with Crippen molar-refractivity contribution in [2.24, 2.45) is 5.92 Å². The minimum atomic E-state index is -4.14. The van der Waals surface area contributed by atoms with Gasteiger partial charge in [-0.15, -0.1) is 0 Å². The molecular formula is C15H18F3NO2. The maximum Gasteiger partial charge on any atom is 0.393 e. The van der Waals surface area contributed by atoms with E-state index in [4.69, 9.17) is 5.11 Å². The zero-order chi connectivity index (χ0) is 15.6. The average Bonchev–Trinajstić information content (AvgIpc) is 2.40. The largest absolute Gasteiger partial charge is 0.478 e. The summed E-state index contributed by atoms with van der Waals surface area (Å²) in [4.78, 5) is 12.7. The summed E-state index contributed by atoms with van der Waals surface area (Å²) >= 11 is 0. The summed E-state index contributed by atoms with van der Waals surface area (Å²) in [5.41, 5.74) is 1.87. The number of aryl methyl sites for hydroxylation is 1. The van der Waals surface area contributed by atoms with Gasteiger partial charge < -0.3 is 5.11 Å². The normalized spacial score (nSPS) is 20.5. The number of nitrogens with zero attached hydrogens (tertiary/aromatic N) is 1. The molecule has 0 aliphatic carbocycles. The Balaban J connectivity index is 2.06. The van der Waals surface area contributed by atoms with Crippen LogP contribution < -0.4 is 0 Å². The third-order valence-electron chi connectivity index (χ3n) is 3.95. The van der Waals surface area contributed by atoms with Crippen molar-refractivity contribution in [1.82, 2.24) is 4.90 Å². The first kappa shape index (κ1) is 15.8. The minimum absolute atomic E-state index is 0.0175. The summed E-state index contributed by atoms with van der Waals surface area (Å²) in [5, 5.41) is 8.91. The molecule has 116 valence electrons. The number of likely N-dealkylation sites (tertiary alicyclic amines) is 1. The summed E-state index contributed by atoms with van der Waals surface area (Å²) in [6.07, 6.45) is -3.41. The van der Waals surface area contributed by atoms with Crippen LogP contribution in [0.2, 0.25) is 0 Å². The molecule has 0 saturated carbocycles. The number of halogens is 3. The predicted octanol–water partition coefficient (Wildman–Crippen LogP) is 3.47. The molecule has 1 aliphatic rings. The molecule has 0 amide bonds. The van der Waals surface area contributed by atoms with Crippen molar-refractivity contribution in [3.05, 3.63) is 34.9 Å². The number of aromatic carboxylic acids is 1. The van der Waals surface area contributed by atoms with Gasteiger partial charge >= 0.3 is 12.1 Å². The van der Waals surface area contributed by atoms with E-state index in [1.807, 2.05) is 0 Å². The third-order valence-corrected chi connectivity index (χ3v) is 3.95. The van der Waals surface area contributed by atoms with Gasteiger partial charge in [0.1, 0.15) is 0 Å². The fourth-order valence-corrected chi connectivity index (χ4v) is 2.71. The average molecular weight is 301 g/mol. The van der Waals surface area contributed by atoms with Crippen LogP contribution in [0, 0.1) is 12.8 Å². The second-order valence-electron chi connectivity index (χ2n) is 5.56. The highest BCUT2D eigenvalue weighted by molar-refractivity contribution is 5.87. The van der Waals surface area contributed by atoms with Gasteiger partial charge in [0.25, 0.3) is 0 Å². The summed E-state index contributed by atoms with van der Waals surface area (Å²) in [5.74, 6) is -2.26. The van der Waals surface area contributed by atoms with Crippen LogP contribution in [-0.4, -0.2) is 35.2 Å². The zero-order valence-electron chi connectivity index (χ0n) is 11.8. The fraction of sp³-hybridized carbons (Fsp3) is 0.533. The Morgan fingerprint density at radius 1 is 1.43 bits per heavy atom. The number of carboxylic acids is 1. The minimum Gasteiger partial charge on any atom is -0.478 e. The van der Waals surface area contributed by atoms with Crippen molar-refractivity contribution in [1.29, 1.82) is 0 Å². The van der Waals surface area contributed by atoms with Gasteiger partial charge in [-0.1, -0.05) is 6.07 Å². The summed E-state index contributed by atoms with van der Waals surface area (Å²) in [6, 6.07) is 4.74. The molecule has 1 heterocycles. The molecule has 0 radical (unpaired) electrons. The zero-order valence-corrected chi connectivity index (χ0v) is 11.8. The van der Waals surface area contributed by atoms with Crippen molar-refractivity contribution < 1.29 is 23.1 Å². The molecule has 1 aromatic rings. The van der Waals surface area contributed by atoms with E-state index in [1.165, 1.54) is 6.07 Å². The van der Waals surface area contributed by atoms with Crippen molar-refractivity contribution in [3.63, 3.8) is 0 Å². The lowest BCUT2D eigenvalue weighted by molar-refractivity contribution is -0.187. The van der Waals surface area contributed by atoms with E-state index in [1.54, 1.807) is 24.0 Å². The van der Waals surface area contributed by atoms with E-state index in [0.717, 1.165) is 11.1 Å². The number of rotatable bonds is 3. The maximum absolute atomic E-state index is 12.8. The van der Waals surface area contributed by atoms with Crippen LogP contribution in [0.15, 0.2) is 18.2 Å². The van der Waals surface area contributed by atoms with Crippen LogP contribution in [0.3, 0.4) is 0 Å². The summed E-state index contributed by atoms with van der Waals surface area (Å²) < 4.78 is 38.3. The molecule has 1 atom stereocenters. The Labute approximate surface area is 121 Å². The number of benzene rings is 1. The van der Waals surface area contributed by atoms with Crippen LogP contribution >= 0.6 is 0 Å². The molecule has 0 aromatic heterocycles. The van der Waals surface area contributed by atoms with Crippen LogP contribution in [0.25, 0.3) is 0 Å². The molecule has 2 rings (SSSR count). The standard InChI is InChI=1S/C15H18F3NO2/c1-10-7-11(14(20)21)4-5-12(10)8-19-6-2-3-13(9-19)15(16,17)18/h4-5,7,13H,2-3,6,8-9H2,1H3,(H,20,21). The lowest BCUT2D eigenvalue weighted by atomic mass is 9.96. The smallest absolute Gasteiger partial charge is 0.393 e. The summed E-state index contributed by atoms with van der Waals surface area (Å²) in [6.45, 7) is 2.88. The molecule has 1 fully saturated rings. The van der Waals surface area contributed by atoms with Crippen LogP contribution in [0.5, 0.6) is 0 Å². The molecule has 1 unspecified atom stereocenters. The molecule has 0 spiro atoms. The Hall–Kier alpha value is -1.56. The molecule has 6 heteroatoms. The van der Waals surface area contributed by atoms with Gasteiger partial charge in [-0.05, 0) is 49.6 Å². The van der Waals surface area contributed by atoms with E-state index < -0.39 is 18.1 Å². The van der Waals surface area contributed by atoms with Crippen molar-refractivity contribution in [2.45, 2.75) is 32.5 Å². The molecule has 1 saturated heterocycles. The highest BCUT2D eigenvalue weighted by atomic mass is 19.4. The topological polar surface area (TPSA) is 40.5 Å². The molecular weight excluding hydrogens is 283 g/mol. The van der Waals surface area contributed by atoms with Crippen LogP contribution in [-0.2, 0) is 6.54 Å². The molecule has 1 N–H and O–H groups in total. The second-order valence-corrected chi connectivity index (χ2v) is 5.56. The monoisotopic (exact) mass is 301 g/mol. The predicted molar refractivity (Wildman–Crippen MR) is 72.2 cm³/mol. The highest BCUT2D eigenvalue weighted by Crippen LogP contribution is 2.33. The van der Waals surface area contributed by atoms with E-state index in [0.29, 0.717) is 19.5 Å². The van der Waals surface area contributed by atoms with Gasteiger partial charge in [0.2, 0.25) is 0 Å². The quantitative estimate of drug-likeness (QED) is 0.929. The Morgan fingerprint density at radius 2 is 2.14 bits per heavy atom. The van der Waals surface area contributed by atoms with Gasteiger partial charge in [0.05, 0.1) is 11.5 Å². The lowest BCUT2D eigenvalue weighted by Crippen LogP contribution is -2.41. The maximum atomic E-state index is 12.8. The highest BCUT2D eigenvalue weighted by Gasteiger charge is 2.41. The molecule has 0 bridgehead atoms. The number of hydrogen-bond donors (Lipinski definition) is 1. The van der Waals surface area contributed by atoms with Crippen molar-refractivity contribution in [2.75, 3.05) is 13.1 Å². The fourth-order valence-electron chi connectivity index (χ4n) is 2.71. The Bertz CT molecular complexity index is 528. The van der Waals surface area contributed by atoms with Gasteiger partial charge in [-0.2, -0.15) is 13.2 Å². The summed E-state index contributed by atoms with van der Waals surface area (Å²) in [7, 11) is 0. The molecule has 1 aromatic carbocycles. The number of carbonyl (C=O) groups is 1. The van der Waals surface area contributed by atoms with Crippen LogP contribution in [0.4, 0.5) is 13.2 Å². The first-order valence-corrected chi connectivity index (χ1v) is 6.89. The van der Waals surface area contributed by atoms with E-state index in [9.17, 15) is 18.0 Å². The first-order chi connectivity index (χ1) is 9.77. The van der Waals surface area contributed by atoms with Crippen molar-refractivity contribution in [3.8, 4) is 0 Å². The van der Waals surface area contributed by atoms with Gasteiger partial charge in [0, 0.05) is 13.1 Å². The Morgan fingerprint density at radius 3 is 2.71 bits per heavy atom. The van der Waals surface area contributed by atoms with E-state index in [-0.39, 0.29) is 18.5 Å². The second kappa shape index (κ2) is 6.05. The molecule has 3 nitrogen and oxygen atoms in total. The van der Waals surface area contributed by atoms with Crippen molar-refractivity contribution >= 4 is 5.97 Å². The van der Waals surface area contributed by atoms with Gasteiger partial charge in [-0.3, -0.25) is 4.90 Å². The molecule has 1 aliphatic heterocycles. The number of hydrogen-bond acceptors (Lipinski definition) is 2. The molecule has 21 heavy (non-hydrogen) atoms. The van der Waals surface area contributed by atoms with E-state index in [2.05, 4.69) is 0 Å². The third kappa shape index (κ3) is 3.97. The van der Waals surface area contributed by atoms with Gasteiger partial charge in [-0.25, -0.2) is 4.79 Å². The van der Waals surface area contributed by atoms with E-state index >= 15 is 0 Å². The SMILES string of the molecule is Cc1cc(C(=O)O)ccc1CN1CCCC(C(F)(F)F)C1. The van der Waals surface area contributed by atoms with Gasteiger partial charge in [0.15, 0.2) is 0 Å². The number of alkyl halides is 3.